The minimum atomic E-state index is -0.451. The quantitative estimate of drug-likeness (QED) is 0.732. The molecule has 124 valence electrons. The topological polar surface area (TPSA) is 52.8 Å². The number of carbonyl (C=O) groups excluding carboxylic acids is 1. The maximum absolute atomic E-state index is 13.4. The second kappa shape index (κ2) is 6.45. The summed E-state index contributed by atoms with van der Waals surface area (Å²) >= 11 is 1.25. The molecule has 24 heavy (non-hydrogen) atoms. The number of carbonyl (C=O) groups is 1. The zero-order chi connectivity index (χ0) is 17.3. The van der Waals surface area contributed by atoms with Gasteiger partial charge in [-0.3, -0.25) is 4.79 Å². The lowest BCUT2D eigenvalue weighted by Crippen LogP contribution is -2.13. The van der Waals surface area contributed by atoms with Crippen molar-refractivity contribution in [2.24, 2.45) is 12.0 Å². The Kier molecular flexibility index (Phi) is 4.35. The highest BCUT2D eigenvalue weighted by atomic mass is 32.1. The van der Waals surface area contributed by atoms with E-state index in [-0.39, 0.29) is 5.82 Å². The average Bonchev–Trinajstić information content (AvgIpc) is 2.88. The zero-order valence-electron chi connectivity index (χ0n) is 13.4. The van der Waals surface area contributed by atoms with E-state index in [4.69, 9.17) is 9.47 Å². The number of amides is 1. The molecule has 0 unspecified atom stereocenters. The summed E-state index contributed by atoms with van der Waals surface area (Å²) in [6, 6.07) is 9.50. The fraction of sp³-hybridized carbons (Fsp3) is 0.176. The molecule has 0 aliphatic heterocycles. The number of hydrogen-bond donors (Lipinski definition) is 0. The molecule has 5 nitrogen and oxygen atoms in total. The van der Waals surface area contributed by atoms with Gasteiger partial charge in [0.15, 0.2) is 16.3 Å². The van der Waals surface area contributed by atoms with Crippen molar-refractivity contribution in [1.29, 1.82) is 0 Å². The molecule has 0 N–H and O–H groups in total. The molecule has 3 aromatic rings. The Balaban J connectivity index is 2.12. The van der Waals surface area contributed by atoms with Crippen molar-refractivity contribution >= 4 is 27.5 Å². The van der Waals surface area contributed by atoms with Crippen LogP contribution < -0.4 is 14.3 Å². The van der Waals surface area contributed by atoms with Crippen molar-refractivity contribution in [2.45, 2.75) is 0 Å². The number of aromatic nitrogens is 1. The van der Waals surface area contributed by atoms with Crippen LogP contribution >= 0.6 is 11.3 Å². The summed E-state index contributed by atoms with van der Waals surface area (Å²) < 4.78 is 26.3. The first-order valence-electron chi connectivity index (χ1n) is 7.10. The first kappa shape index (κ1) is 16.2. The first-order chi connectivity index (χ1) is 11.5. The number of fused-ring (bicyclic) bond motifs is 1. The normalized spacial score (nSPS) is 11.8. The molecule has 1 heterocycles. The van der Waals surface area contributed by atoms with Gasteiger partial charge in [-0.25, -0.2) is 4.39 Å². The summed E-state index contributed by atoms with van der Waals surface area (Å²) in [5.41, 5.74) is 1.12. The average molecular weight is 346 g/mol. The minimum Gasteiger partial charge on any atom is -0.493 e. The van der Waals surface area contributed by atoms with Crippen molar-refractivity contribution in [3.05, 3.63) is 52.6 Å². The van der Waals surface area contributed by atoms with E-state index >= 15 is 0 Å². The van der Waals surface area contributed by atoms with Gasteiger partial charge >= 0.3 is 0 Å². The molecular formula is C17H15FN2O3S. The highest BCUT2D eigenvalue weighted by molar-refractivity contribution is 7.16. The van der Waals surface area contributed by atoms with Gasteiger partial charge in [0.05, 0.1) is 30.0 Å². The molecule has 1 aromatic heterocycles. The number of hydrogen-bond acceptors (Lipinski definition) is 4. The fourth-order valence-corrected chi connectivity index (χ4v) is 3.46. The standard InChI is InChI=1S/C17H15FN2O3S/c1-20-12-8-7-10(18)9-14(12)24-17(20)19-16(21)11-5-4-6-13(22-2)15(11)23-3/h4-9H,1-3H3. The van der Waals surface area contributed by atoms with E-state index in [1.54, 1.807) is 35.9 Å². The van der Waals surface area contributed by atoms with Gasteiger partial charge in [0.2, 0.25) is 0 Å². The molecule has 0 aliphatic carbocycles. The van der Waals surface area contributed by atoms with Gasteiger partial charge < -0.3 is 14.0 Å². The number of ether oxygens (including phenoxy) is 2. The van der Waals surface area contributed by atoms with Gasteiger partial charge in [-0.1, -0.05) is 17.4 Å². The number of benzene rings is 2. The van der Waals surface area contributed by atoms with Crippen LogP contribution in [0.3, 0.4) is 0 Å². The van der Waals surface area contributed by atoms with E-state index in [1.165, 1.54) is 37.7 Å². The summed E-state index contributed by atoms with van der Waals surface area (Å²) in [7, 11) is 4.76. The van der Waals surface area contributed by atoms with Crippen LogP contribution in [0.15, 0.2) is 41.4 Å². The second-order valence-electron chi connectivity index (χ2n) is 5.01. The van der Waals surface area contributed by atoms with E-state index < -0.39 is 5.91 Å². The van der Waals surface area contributed by atoms with Crippen LogP contribution in [0.2, 0.25) is 0 Å². The van der Waals surface area contributed by atoms with Crippen LogP contribution in [-0.4, -0.2) is 24.7 Å². The van der Waals surface area contributed by atoms with Crippen LogP contribution in [0.5, 0.6) is 11.5 Å². The van der Waals surface area contributed by atoms with Crippen LogP contribution in [0.25, 0.3) is 10.2 Å². The van der Waals surface area contributed by atoms with Crippen LogP contribution in [-0.2, 0) is 7.05 Å². The Labute approximate surface area is 141 Å². The molecule has 0 radical (unpaired) electrons. The summed E-state index contributed by atoms with van der Waals surface area (Å²) in [6.45, 7) is 0. The lowest BCUT2D eigenvalue weighted by atomic mass is 10.2. The Hall–Kier alpha value is -2.67. The van der Waals surface area contributed by atoms with E-state index in [0.717, 1.165) is 10.2 Å². The molecular weight excluding hydrogens is 331 g/mol. The molecule has 0 saturated carbocycles. The molecule has 7 heteroatoms. The summed E-state index contributed by atoms with van der Waals surface area (Å²) in [6.07, 6.45) is 0. The van der Waals surface area contributed by atoms with Crippen molar-refractivity contribution in [1.82, 2.24) is 4.57 Å². The fourth-order valence-electron chi connectivity index (χ4n) is 2.42. The number of para-hydroxylation sites is 1. The number of aryl methyl sites for hydroxylation is 1. The van der Waals surface area contributed by atoms with Gasteiger partial charge in [0.1, 0.15) is 5.82 Å². The van der Waals surface area contributed by atoms with Gasteiger partial charge in [-0.15, -0.1) is 0 Å². The number of thiazole rings is 1. The van der Waals surface area contributed by atoms with Crippen LogP contribution in [0.1, 0.15) is 10.4 Å². The summed E-state index contributed by atoms with van der Waals surface area (Å²) in [5.74, 6) is 0.0231. The predicted molar refractivity (Wildman–Crippen MR) is 90.2 cm³/mol. The molecule has 0 saturated heterocycles. The monoisotopic (exact) mass is 346 g/mol. The van der Waals surface area contributed by atoms with Crippen molar-refractivity contribution in [3.63, 3.8) is 0 Å². The zero-order valence-corrected chi connectivity index (χ0v) is 14.2. The summed E-state index contributed by atoms with van der Waals surface area (Å²) in [4.78, 5) is 17.2. The molecule has 0 aliphatic rings. The highest BCUT2D eigenvalue weighted by Gasteiger charge is 2.16. The Morgan fingerprint density at radius 1 is 1.21 bits per heavy atom. The lowest BCUT2D eigenvalue weighted by molar-refractivity contribution is 0.0994. The predicted octanol–water partition coefficient (Wildman–Crippen LogP) is 3.14. The van der Waals surface area contributed by atoms with Crippen LogP contribution in [0.4, 0.5) is 4.39 Å². The van der Waals surface area contributed by atoms with E-state index in [0.29, 0.717) is 21.9 Å². The second-order valence-corrected chi connectivity index (χ2v) is 6.02. The molecule has 2 aromatic carbocycles. The maximum atomic E-state index is 13.4. The number of rotatable bonds is 3. The van der Waals surface area contributed by atoms with Gasteiger partial charge in [0.25, 0.3) is 5.91 Å². The van der Waals surface area contributed by atoms with E-state index in [2.05, 4.69) is 4.99 Å². The number of methoxy groups -OCH3 is 2. The smallest absolute Gasteiger partial charge is 0.283 e. The third kappa shape index (κ3) is 2.78. The Morgan fingerprint density at radius 3 is 2.71 bits per heavy atom. The van der Waals surface area contributed by atoms with Gasteiger partial charge in [-0.2, -0.15) is 4.99 Å². The third-order valence-electron chi connectivity index (χ3n) is 3.60. The largest absolute Gasteiger partial charge is 0.493 e. The molecule has 0 fully saturated rings. The third-order valence-corrected chi connectivity index (χ3v) is 4.70. The summed E-state index contributed by atoms with van der Waals surface area (Å²) in [5, 5.41) is 0. The first-order valence-corrected chi connectivity index (χ1v) is 7.92. The SMILES string of the molecule is COc1cccc(C(=O)N=c2sc3cc(F)ccc3n2C)c1OC. The van der Waals surface area contributed by atoms with Gasteiger partial charge in [-0.05, 0) is 30.3 Å². The Bertz CT molecular complexity index is 991. The van der Waals surface area contributed by atoms with E-state index in [1.807, 2.05) is 0 Å². The highest BCUT2D eigenvalue weighted by Crippen LogP contribution is 2.31. The molecule has 0 bridgehead atoms. The minimum absolute atomic E-state index is 0.306. The van der Waals surface area contributed by atoms with Gasteiger partial charge in [0, 0.05) is 7.05 Å². The molecule has 1 amide bonds. The number of nitrogens with zero attached hydrogens (tertiary/aromatic N) is 2. The number of halogens is 1. The van der Waals surface area contributed by atoms with Crippen LogP contribution in [0, 0.1) is 5.82 Å². The maximum Gasteiger partial charge on any atom is 0.283 e. The van der Waals surface area contributed by atoms with E-state index in [9.17, 15) is 9.18 Å². The van der Waals surface area contributed by atoms with Crippen molar-refractivity contribution < 1.29 is 18.7 Å². The Morgan fingerprint density at radius 2 is 2.00 bits per heavy atom. The van der Waals surface area contributed by atoms with Crippen molar-refractivity contribution in [2.75, 3.05) is 14.2 Å². The molecule has 0 spiro atoms. The van der Waals surface area contributed by atoms with Crippen molar-refractivity contribution in [3.8, 4) is 11.5 Å². The molecule has 3 rings (SSSR count). The lowest BCUT2D eigenvalue weighted by Gasteiger charge is -2.09. The molecule has 0 atom stereocenters.